The molecule has 90 valence electrons. The van der Waals surface area contributed by atoms with E-state index in [1.165, 1.54) is 0 Å². The van der Waals surface area contributed by atoms with E-state index in [1.807, 2.05) is 26.0 Å². The molecule has 1 aromatic heterocycles. The summed E-state index contributed by atoms with van der Waals surface area (Å²) >= 11 is 0. The fourth-order valence-electron chi connectivity index (χ4n) is 2.00. The predicted molar refractivity (Wildman–Crippen MR) is 60.2 cm³/mol. The van der Waals surface area contributed by atoms with Crippen LogP contribution in [0.3, 0.4) is 0 Å². The van der Waals surface area contributed by atoms with Crippen molar-refractivity contribution in [3.05, 3.63) is 23.7 Å². The van der Waals surface area contributed by atoms with Crippen LogP contribution in [0, 0.1) is 6.92 Å². The lowest BCUT2D eigenvalue weighted by molar-refractivity contribution is 0.103. The molecule has 0 aromatic carbocycles. The van der Waals surface area contributed by atoms with Crippen molar-refractivity contribution in [3.8, 4) is 0 Å². The van der Waals surface area contributed by atoms with Crippen LogP contribution in [0.25, 0.3) is 0 Å². The first-order chi connectivity index (χ1) is 7.66. The molecule has 3 unspecified atom stereocenters. The van der Waals surface area contributed by atoms with Gasteiger partial charge in [0.15, 0.2) is 0 Å². The van der Waals surface area contributed by atoms with Gasteiger partial charge in [0.1, 0.15) is 17.6 Å². The highest BCUT2D eigenvalue weighted by atomic mass is 16.5. The van der Waals surface area contributed by atoms with Crippen LogP contribution in [0.15, 0.2) is 16.5 Å². The molecule has 16 heavy (non-hydrogen) atoms. The summed E-state index contributed by atoms with van der Waals surface area (Å²) in [5.74, 6) is 1.45. The molecule has 0 spiro atoms. The summed E-state index contributed by atoms with van der Waals surface area (Å²) in [4.78, 5) is 0. The first-order valence-corrected chi connectivity index (χ1v) is 5.76. The Hall–Kier alpha value is -0.840. The Morgan fingerprint density at radius 3 is 2.94 bits per heavy atom. The zero-order valence-corrected chi connectivity index (χ0v) is 9.77. The molecule has 0 radical (unpaired) electrons. The van der Waals surface area contributed by atoms with E-state index in [2.05, 4.69) is 5.32 Å². The SMILES string of the molecule is Cc1ccc(C(O)CNC2CCOC2C)o1. The van der Waals surface area contributed by atoms with Gasteiger partial charge in [-0.2, -0.15) is 0 Å². The van der Waals surface area contributed by atoms with Crippen molar-refractivity contribution in [1.29, 1.82) is 0 Å². The third-order valence-electron chi connectivity index (χ3n) is 3.04. The van der Waals surface area contributed by atoms with Crippen LogP contribution >= 0.6 is 0 Å². The van der Waals surface area contributed by atoms with E-state index in [1.54, 1.807) is 0 Å². The van der Waals surface area contributed by atoms with Crippen molar-refractivity contribution in [1.82, 2.24) is 5.32 Å². The molecule has 4 heteroatoms. The van der Waals surface area contributed by atoms with Crippen LogP contribution in [0.1, 0.15) is 31.0 Å². The minimum absolute atomic E-state index is 0.227. The number of hydrogen-bond acceptors (Lipinski definition) is 4. The minimum atomic E-state index is -0.582. The second-order valence-corrected chi connectivity index (χ2v) is 4.34. The minimum Gasteiger partial charge on any atom is -0.464 e. The smallest absolute Gasteiger partial charge is 0.133 e. The van der Waals surface area contributed by atoms with E-state index < -0.39 is 6.10 Å². The van der Waals surface area contributed by atoms with Gasteiger partial charge in [0.2, 0.25) is 0 Å². The van der Waals surface area contributed by atoms with Crippen LogP contribution in [0.5, 0.6) is 0 Å². The highest BCUT2D eigenvalue weighted by Crippen LogP contribution is 2.17. The predicted octanol–water partition coefficient (Wildman–Crippen LogP) is 1.39. The third kappa shape index (κ3) is 2.64. The lowest BCUT2D eigenvalue weighted by atomic mass is 10.1. The molecule has 3 atom stereocenters. The monoisotopic (exact) mass is 225 g/mol. The molecular formula is C12H19NO3. The van der Waals surface area contributed by atoms with E-state index in [-0.39, 0.29) is 6.10 Å². The molecule has 0 saturated carbocycles. The topological polar surface area (TPSA) is 54.6 Å². The zero-order chi connectivity index (χ0) is 11.5. The molecule has 1 aliphatic rings. The van der Waals surface area contributed by atoms with E-state index >= 15 is 0 Å². The molecule has 4 nitrogen and oxygen atoms in total. The highest BCUT2D eigenvalue weighted by Gasteiger charge is 2.24. The number of hydrogen-bond donors (Lipinski definition) is 2. The Morgan fingerprint density at radius 1 is 1.56 bits per heavy atom. The number of furan rings is 1. The number of aliphatic hydroxyl groups is 1. The van der Waals surface area contributed by atoms with Crippen molar-refractivity contribution in [2.75, 3.05) is 13.2 Å². The average Bonchev–Trinajstić information content (AvgIpc) is 2.84. The first-order valence-electron chi connectivity index (χ1n) is 5.76. The highest BCUT2D eigenvalue weighted by molar-refractivity contribution is 5.08. The Balaban J connectivity index is 1.81. The summed E-state index contributed by atoms with van der Waals surface area (Å²) in [7, 11) is 0. The maximum Gasteiger partial charge on any atom is 0.133 e. The van der Waals surface area contributed by atoms with Gasteiger partial charge >= 0.3 is 0 Å². The lowest BCUT2D eigenvalue weighted by Crippen LogP contribution is -2.37. The molecule has 1 fully saturated rings. The van der Waals surface area contributed by atoms with Gasteiger partial charge in [0.05, 0.1) is 6.10 Å². The number of rotatable bonds is 4. The number of ether oxygens (including phenoxy) is 1. The standard InChI is InChI=1S/C12H19NO3/c1-8-3-4-12(16-8)11(14)7-13-10-5-6-15-9(10)2/h3-4,9-11,13-14H,5-7H2,1-2H3. The Morgan fingerprint density at radius 2 is 2.38 bits per heavy atom. The van der Waals surface area contributed by atoms with Gasteiger partial charge in [0, 0.05) is 19.2 Å². The normalized spacial score (nSPS) is 27.2. The molecule has 2 N–H and O–H groups in total. The van der Waals surface area contributed by atoms with Crippen molar-refractivity contribution < 1.29 is 14.3 Å². The second-order valence-electron chi connectivity index (χ2n) is 4.34. The zero-order valence-electron chi connectivity index (χ0n) is 9.77. The summed E-state index contributed by atoms with van der Waals surface area (Å²) in [6.07, 6.45) is 0.650. The van der Waals surface area contributed by atoms with Crippen molar-refractivity contribution in [3.63, 3.8) is 0 Å². The quantitative estimate of drug-likeness (QED) is 0.813. The first kappa shape index (κ1) is 11.6. The van der Waals surface area contributed by atoms with Gasteiger partial charge in [-0.1, -0.05) is 0 Å². The maximum atomic E-state index is 9.88. The molecule has 2 rings (SSSR count). The largest absolute Gasteiger partial charge is 0.464 e. The third-order valence-corrected chi connectivity index (χ3v) is 3.04. The summed E-state index contributed by atoms with van der Waals surface area (Å²) in [5, 5.41) is 13.2. The lowest BCUT2D eigenvalue weighted by Gasteiger charge is -2.17. The number of aliphatic hydroxyl groups excluding tert-OH is 1. The molecule has 0 amide bonds. The van der Waals surface area contributed by atoms with Crippen molar-refractivity contribution >= 4 is 0 Å². The molecule has 1 aromatic rings. The van der Waals surface area contributed by atoms with Gasteiger partial charge in [-0.05, 0) is 32.4 Å². The fraction of sp³-hybridized carbons (Fsp3) is 0.667. The van der Waals surface area contributed by atoms with Crippen LogP contribution in [-0.4, -0.2) is 30.4 Å². The van der Waals surface area contributed by atoms with Gasteiger partial charge in [-0.3, -0.25) is 0 Å². The fourth-order valence-corrected chi connectivity index (χ4v) is 2.00. The average molecular weight is 225 g/mol. The van der Waals surface area contributed by atoms with Gasteiger partial charge in [-0.25, -0.2) is 0 Å². The van der Waals surface area contributed by atoms with E-state index in [0.717, 1.165) is 18.8 Å². The molecule has 0 bridgehead atoms. The summed E-state index contributed by atoms with van der Waals surface area (Å²) in [6, 6.07) is 4.02. The molecule has 2 heterocycles. The van der Waals surface area contributed by atoms with Crippen LogP contribution in [0.4, 0.5) is 0 Å². The summed E-state index contributed by atoms with van der Waals surface area (Å²) < 4.78 is 10.8. The van der Waals surface area contributed by atoms with Crippen molar-refractivity contribution in [2.24, 2.45) is 0 Å². The van der Waals surface area contributed by atoms with Gasteiger partial charge < -0.3 is 19.6 Å². The molecule has 0 aliphatic carbocycles. The van der Waals surface area contributed by atoms with Gasteiger partial charge in [-0.15, -0.1) is 0 Å². The Kier molecular flexibility index (Phi) is 3.63. The van der Waals surface area contributed by atoms with E-state index in [4.69, 9.17) is 9.15 Å². The van der Waals surface area contributed by atoms with E-state index in [0.29, 0.717) is 18.3 Å². The number of aryl methyl sites for hydroxylation is 1. The van der Waals surface area contributed by atoms with Crippen LogP contribution in [-0.2, 0) is 4.74 Å². The number of nitrogens with one attached hydrogen (secondary N) is 1. The van der Waals surface area contributed by atoms with Crippen LogP contribution < -0.4 is 5.32 Å². The van der Waals surface area contributed by atoms with E-state index in [9.17, 15) is 5.11 Å². The Bertz CT molecular complexity index is 337. The summed E-state index contributed by atoms with van der Waals surface area (Å²) in [6.45, 7) is 5.23. The Labute approximate surface area is 95.6 Å². The molecule has 1 aliphatic heterocycles. The van der Waals surface area contributed by atoms with Crippen molar-refractivity contribution in [2.45, 2.75) is 38.5 Å². The van der Waals surface area contributed by atoms with Gasteiger partial charge in [0.25, 0.3) is 0 Å². The summed E-state index contributed by atoms with van der Waals surface area (Å²) in [5.41, 5.74) is 0. The second kappa shape index (κ2) is 4.99. The van der Waals surface area contributed by atoms with Crippen LogP contribution in [0.2, 0.25) is 0 Å². The molecule has 1 saturated heterocycles. The molecular weight excluding hydrogens is 206 g/mol. The maximum absolute atomic E-state index is 9.88.